The minimum Gasteiger partial charge on any atom is -0.475 e. The summed E-state index contributed by atoms with van der Waals surface area (Å²) in [6, 6.07) is 21.7. The summed E-state index contributed by atoms with van der Waals surface area (Å²) in [6.45, 7) is 2.33. The molecule has 3 aromatic heterocycles. The van der Waals surface area contributed by atoms with E-state index < -0.39 is 0 Å². The molecule has 1 saturated heterocycles. The number of nitrogens with zero attached hydrogens (tertiary/aromatic N) is 5. The number of hydrogen-bond donors (Lipinski definition) is 1. The van der Waals surface area contributed by atoms with Crippen LogP contribution >= 0.6 is 11.3 Å². The number of thiophene rings is 1. The number of benzene rings is 1. The molecule has 0 bridgehead atoms. The van der Waals surface area contributed by atoms with Crippen molar-refractivity contribution in [3.8, 4) is 27.7 Å². The van der Waals surface area contributed by atoms with Crippen LogP contribution in [0.1, 0.15) is 12.8 Å². The zero-order chi connectivity index (χ0) is 23.9. The Labute approximate surface area is 208 Å². The molecule has 4 aromatic rings. The van der Waals surface area contributed by atoms with E-state index in [-0.39, 0.29) is 11.8 Å². The summed E-state index contributed by atoms with van der Waals surface area (Å²) in [5.74, 6) is 1.36. The van der Waals surface area contributed by atoms with Gasteiger partial charge in [0.05, 0.1) is 17.1 Å². The lowest BCUT2D eigenvalue weighted by atomic mass is 9.96. The number of nitrogens with one attached hydrogen (secondary N) is 1. The zero-order valence-electron chi connectivity index (χ0n) is 19.2. The number of amides is 1. The second kappa shape index (κ2) is 11.1. The molecule has 9 heteroatoms. The summed E-state index contributed by atoms with van der Waals surface area (Å²) in [5.41, 5.74) is 2.73. The van der Waals surface area contributed by atoms with Crippen molar-refractivity contribution in [3.63, 3.8) is 0 Å². The highest BCUT2D eigenvalue weighted by Crippen LogP contribution is 2.24. The van der Waals surface area contributed by atoms with Crippen LogP contribution in [-0.2, 0) is 4.79 Å². The van der Waals surface area contributed by atoms with Gasteiger partial charge < -0.3 is 15.0 Å². The molecule has 0 unspecified atom stereocenters. The van der Waals surface area contributed by atoms with E-state index in [1.807, 2.05) is 66.0 Å². The molecule has 0 atom stereocenters. The Morgan fingerprint density at radius 3 is 2.40 bits per heavy atom. The highest BCUT2D eigenvalue weighted by molar-refractivity contribution is 7.13. The van der Waals surface area contributed by atoms with E-state index in [2.05, 4.69) is 30.6 Å². The highest BCUT2D eigenvalue weighted by Gasteiger charge is 2.25. The highest BCUT2D eigenvalue weighted by atomic mass is 32.1. The summed E-state index contributed by atoms with van der Waals surface area (Å²) >= 11 is 1.62. The van der Waals surface area contributed by atoms with Crippen molar-refractivity contribution in [2.75, 3.05) is 31.1 Å². The molecule has 1 aliphatic rings. The lowest BCUT2D eigenvalue weighted by molar-refractivity contribution is -0.125. The summed E-state index contributed by atoms with van der Waals surface area (Å²) < 4.78 is 5.62. The maximum Gasteiger partial charge on any atom is 0.233 e. The van der Waals surface area contributed by atoms with Crippen molar-refractivity contribution in [1.29, 1.82) is 0 Å². The van der Waals surface area contributed by atoms with Crippen LogP contribution in [0.5, 0.6) is 5.88 Å². The van der Waals surface area contributed by atoms with Gasteiger partial charge in [-0.25, -0.2) is 0 Å². The maximum absolute atomic E-state index is 12.6. The van der Waals surface area contributed by atoms with E-state index in [4.69, 9.17) is 4.74 Å². The van der Waals surface area contributed by atoms with Gasteiger partial charge in [-0.1, -0.05) is 36.4 Å². The lowest BCUT2D eigenvalue weighted by Crippen LogP contribution is -2.41. The van der Waals surface area contributed by atoms with E-state index >= 15 is 0 Å². The molecule has 0 radical (unpaired) electrons. The Bertz CT molecular complexity index is 1210. The topological polar surface area (TPSA) is 93.1 Å². The molecule has 8 nitrogen and oxygen atoms in total. The number of carbonyl (C=O) groups is 1. The second-order valence-corrected chi connectivity index (χ2v) is 9.23. The number of hydrogen-bond acceptors (Lipinski definition) is 8. The van der Waals surface area contributed by atoms with Crippen LogP contribution in [-0.4, -0.2) is 52.5 Å². The SMILES string of the molecule is O=C(NCCOc1ccc(-c2cccs2)nn1)C1CCN(c2ccc(-c3ccccc3)nn2)CC1. The van der Waals surface area contributed by atoms with Gasteiger partial charge in [-0.3, -0.25) is 4.79 Å². The predicted molar refractivity (Wildman–Crippen MR) is 136 cm³/mol. The maximum atomic E-state index is 12.6. The molecule has 5 rings (SSSR count). The molecule has 1 amide bonds. The molecule has 35 heavy (non-hydrogen) atoms. The normalized spacial score (nSPS) is 14.0. The predicted octanol–water partition coefficient (Wildman–Crippen LogP) is 4.07. The minimum atomic E-state index is -0.00679. The van der Waals surface area contributed by atoms with Crippen molar-refractivity contribution in [1.82, 2.24) is 25.7 Å². The van der Waals surface area contributed by atoms with Gasteiger partial charge in [0.2, 0.25) is 11.8 Å². The smallest absolute Gasteiger partial charge is 0.233 e. The van der Waals surface area contributed by atoms with Crippen LogP contribution in [0.15, 0.2) is 72.1 Å². The fourth-order valence-electron chi connectivity index (χ4n) is 4.05. The summed E-state index contributed by atoms with van der Waals surface area (Å²) in [5, 5.41) is 22.1. The summed E-state index contributed by atoms with van der Waals surface area (Å²) in [7, 11) is 0. The fourth-order valence-corrected chi connectivity index (χ4v) is 4.74. The monoisotopic (exact) mass is 486 g/mol. The molecule has 1 aromatic carbocycles. The van der Waals surface area contributed by atoms with Crippen molar-refractivity contribution >= 4 is 23.1 Å². The third kappa shape index (κ3) is 5.81. The van der Waals surface area contributed by atoms with Gasteiger partial charge >= 0.3 is 0 Å². The molecule has 4 heterocycles. The van der Waals surface area contributed by atoms with E-state index in [0.717, 1.165) is 53.6 Å². The second-order valence-electron chi connectivity index (χ2n) is 8.28. The van der Waals surface area contributed by atoms with Crippen molar-refractivity contribution < 1.29 is 9.53 Å². The molecule has 1 aliphatic heterocycles. The first-order valence-corrected chi connectivity index (χ1v) is 12.6. The summed E-state index contributed by atoms with van der Waals surface area (Å²) in [4.78, 5) is 15.8. The minimum absolute atomic E-state index is 0.00679. The van der Waals surface area contributed by atoms with Crippen LogP contribution in [0.3, 0.4) is 0 Å². The molecule has 0 saturated carbocycles. The Balaban J connectivity index is 1.03. The van der Waals surface area contributed by atoms with Gasteiger partial charge in [0, 0.05) is 30.6 Å². The first-order valence-electron chi connectivity index (χ1n) is 11.7. The van der Waals surface area contributed by atoms with Gasteiger partial charge in [-0.2, -0.15) is 0 Å². The Morgan fingerprint density at radius 2 is 1.71 bits per heavy atom. The molecular formula is C26H26N6O2S. The average molecular weight is 487 g/mol. The molecule has 1 N–H and O–H groups in total. The molecule has 178 valence electrons. The number of carbonyl (C=O) groups excluding carboxylic acids is 1. The molecule has 0 spiro atoms. The first-order chi connectivity index (χ1) is 17.3. The molecular weight excluding hydrogens is 460 g/mol. The third-order valence-corrected chi connectivity index (χ3v) is 6.87. The fraction of sp³-hybridized carbons (Fsp3) is 0.269. The van der Waals surface area contributed by atoms with Crippen LogP contribution in [0, 0.1) is 5.92 Å². The van der Waals surface area contributed by atoms with E-state index in [1.54, 1.807) is 17.4 Å². The van der Waals surface area contributed by atoms with Crippen LogP contribution < -0.4 is 15.0 Å². The van der Waals surface area contributed by atoms with Gasteiger partial charge in [0.15, 0.2) is 5.82 Å². The van der Waals surface area contributed by atoms with Crippen molar-refractivity contribution in [2.45, 2.75) is 12.8 Å². The number of rotatable bonds is 8. The summed E-state index contributed by atoms with van der Waals surface area (Å²) in [6.07, 6.45) is 1.56. The van der Waals surface area contributed by atoms with Crippen molar-refractivity contribution in [2.24, 2.45) is 5.92 Å². The van der Waals surface area contributed by atoms with Crippen LogP contribution in [0.4, 0.5) is 5.82 Å². The number of aromatic nitrogens is 4. The molecule has 0 aliphatic carbocycles. The van der Waals surface area contributed by atoms with E-state index in [0.29, 0.717) is 19.0 Å². The molecule has 1 fully saturated rings. The number of ether oxygens (including phenoxy) is 1. The van der Waals surface area contributed by atoms with E-state index in [1.165, 1.54) is 0 Å². The van der Waals surface area contributed by atoms with Crippen molar-refractivity contribution in [3.05, 3.63) is 72.1 Å². The van der Waals surface area contributed by atoms with Crippen LogP contribution in [0.2, 0.25) is 0 Å². The zero-order valence-corrected chi connectivity index (χ0v) is 20.0. The quantitative estimate of drug-likeness (QED) is 0.375. The largest absolute Gasteiger partial charge is 0.475 e. The Hall–Kier alpha value is -3.85. The van der Waals surface area contributed by atoms with Gasteiger partial charge in [-0.05, 0) is 42.5 Å². The first kappa shape index (κ1) is 22.9. The van der Waals surface area contributed by atoms with Gasteiger partial charge in [-0.15, -0.1) is 31.7 Å². The Kier molecular flexibility index (Phi) is 7.24. The third-order valence-electron chi connectivity index (χ3n) is 5.97. The number of piperidine rings is 1. The van der Waals surface area contributed by atoms with E-state index in [9.17, 15) is 4.79 Å². The Morgan fingerprint density at radius 1 is 0.914 bits per heavy atom. The van der Waals surface area contributed by atoms with Crippen LogP contribution in [0.25, 0.3) is 21.8 Å². The number of anilines is 1. The average Bonchev–Trinajstić information content (AvgIpc) is 3.47. The van der Waals surface area contributed by atoms with Gasteiger partial charge in [0.1, 0.15) is 12.3 Å². The standard InChI is InChI=1S/C26H26N6O2S/c33-26(27-14-17-34-25-11-9-22(29-31-25)23-7-4-18-35-23)20-12-15-32(16-13-20)24-10-8-21(28-30-24)19-5-2-1-3-6-19/h1-11,18,20H,12-17H2,(H,27,33). The van der Waals surface area contributed by atoms with Gasteiger partial charge in [0.25, 0.3) is 0 Å². The lowest BCUT2D eigenvalue weighted by Gasteiger charge is -2.31.